The van der Waals surface area contributed by atoms with Crippen LogP contribution in [-0.4, -0.2) is 60.3 Å². The fourth-order valence-electron chi connectivity index (χ4n) is 5.07. The number of hydrogen-bond donors (Lipinski definition) is 2. The van der Waals surface area contributed by atoms with E-state index in [4.69, 9.17) is 4.98 Å². The number of rotatable bonds is 3. The van der Waals surface area contributed by atoms with Crippen LogP contribution in [0.25, 0.3) is 0 Å². The Balaban J connectivity index is 1.44. The van der Waals surface area contributed by atoms with Crippen LogP contribution in [0, 0.1) is 5.92 Å². The van der Waals surface area contributed by atoms with Crippen molar-refractivity contribution in [3.8, 4) is 0 Å². The number of aromatic nitrogens is 1. The predicted octanol–water partition coefficient (Wildman–Crippen LogP) is 4.61. The second-order valence-electron chi connectivity index (χ2n) is 9.75. The molecule has 1 saturated heterocycles. The Bertz CT molecular complexity index is 987. The number of fused-ring (bicyclic) bond motifs is 1. The van der Waals surface area contributed by atoms with Crippen LogP contribution >= 0.6 is 0 Å². The summed E-state index contributed by atoms with van der Waals surface area (Å²) < 4.78 is 39.8. The SMILES string of the molecule is C[N+]1(c2ccc(C3=NC4C=CC(C(F)(F)F)=CC4N3)cn2)CCCCCC(C(=O)O)CCCC1. The topological polar surface area (TPSA) is 74.6 Å². The molecule has 1 aromatic heterocycles. The molecule has 1 fully saturated rings. The molecule has 2 N–H and O–H groups in total. The lowest BCUT2D eigenvalue weighted by molar-refractivity contribution is -0.142. The molecular formula is C25H32F3N4O2+. The number of quaternary nitrogens is 1. The molecule has 3 aliphatic rings. The highest BCUT2D eigenvalue weighted by Crippen LogP contribution is 2.32. The zero-order valence-electron chi connectivity index (χ0n) is 19.4. The molecule has 0 spiro atoms. The maximum absolute atomic E-state index is 13.0. The predicted molar refractivity (Wildman–Crippen MR) is 126 cm³/mol. The molecule has 184 valence electrons. The van der Waals surface area contributed by atoms with Gasteiger partial charge in [-0.3, -0.25) is 14.3 Å². The summed E-state index contributed by atoms with van der Waals surface area (Å²) in [5.41, 5.74) is 0.0974. The molecule has 4 rings (SSSR count). The van der Waals surface area contributed by atoms with Crippen LogP contribution in [0.3, 0.4) is 0 Å². The van der Waals surface area contributed by atoms with E-state index in [9.17, 15) is 23.1 Å². The molecule has 4 unspecified atom stereocenters. The lowest BCUT2D eigenvalue weighted by Crippen LogP contribution is -2.47. The zero-order chi connectivity index (χ0) is 24.3. The van der Waals surface area contributed by atoms with Crippen molar-refractivity contribution in [3.63, 3.8) is 0 Å². The summed E-state index contributed by atoms with van der Waals surface area (Å²) in [6.45, 7) is 1.82. The largest absolute Gasteiger partial charge is 0.481 e. The standard InChI is InChI=1S/C25H31F3N4O2/c1-32(13-5-2-3-7-17(24(33)34)8-4-6-14-32)22-12-9-18(16-29-22)23-30-20-11-10-19(25(26,27)28)15-21(20)31-23/h9-12,15-17,20-21H,2-8,13-14H2,1H3,(H-,30,31,33,34)/p+1. The summed E-state index contributed by atoms with van der Waals surface area (Å²) in [4.78, 5) is 20.7. The number of hydrogen-bond acceptors (Lipinski definition) is 4. The first-order valence-corrected chi connectivity index (χ1v) is 12.0. The number of alkyl halides is 3. The van der Waals surface area contributed by atoms with Crippen molar-refractivity contribution in [2.75, 3.05) is 20.1 Å². The van der Waals surface area contributed by atoms with Crippen molar-refractivity contribution < 1.29 is 23.1 Å². The van der Waals surface area contributed by atoms with E-state index < -0.39 is 23.8 Å². The monoisotopic (exact) mass is 477 g/mol. The van der Waals surface area contributed by atoms with Gasteiger partial charge in [0.15, 0.2) is 0 Å². The number of amidine groups is 1. The second-order valence-corrected chi connectivity index (χ2v) is 9.75. The average molecular weight is 478 g/mol. The molecule has 0 aromatic carbocycles. The van der Waals surface area contributed by atoms with E-state index >= 15 is 0 Å². The number of carbonyl (C=O) groups is 1. The number of nitrogens with one attached hydrogen (secondary N) is 1. The van der Waals surface area contributed by atoms with Gasteiger partial charge < -0.3 is 10.4 Å². The first-order valence-electron chi connectivity index (χ1n) is 12.0. The first kappa shape index (κ1) is 24.4. The van der Waals surface area contributed by atoms with E-state index in [1.54, 1.807) is 6.20 Å². The van der Waals surface area contributed by atoms with E-state index in [-0.39, 0.29) is 12.0 Å². The molecule has 9 heteroatoms. The molecule has 3 heterocycles. The Morgan fingerprint density at radius 2 is 1.82 bits per heavy atom. The smallest absolute Gasteiger partial charge is 0.416 e. The molecule has 1 aromatic rings. The van der Waals surface area contributed by atoms with Gasteiger partial charge in [-0.25, -0.2) is 4.98 Å². The molecule has 0 radical (unpaired) electrons. The van der Waals surface area contributed by atoms with Crippen LogP contribution in [0.1, 0.15) is 50.5 Å². The Morgan fingerprint density at radius 3 is 2.47 bits per heavy atom. The van der Waals surface area contributed by atoms with Crippen molar-refractivity contribution >= 4 is 17.6 Å². The van der Waals surface area contributed by atoms with Gasteiger partial charge >= 0.3 is 12.1 Å². The molecule has 4 atom stereocenters. The van der Waals surface area contributed by atoms with Gasteiger partial charge in [-0.05, 0) is 50.7 Å². The molecule has 2 aliphatic heterocycles. The van der Waals surface area contributed by atoms with Crippen molar-refractivity contribution in [1.29, 1.82) is 0 Å². The third-order valence-electron chi connectivity index (χ3n) is 7.19. The van der Waals surface area contributed by atoms with Gasteiger partial charge in [-0.2, -0.15) is 13.2 Å². The minimum absolute atomic E-state index is 0.241. The fraction of sp³-hybridized carbons (Fsp3) is 0.560. The zero-order valence-corrected chi connectivity index (χ0v) is 19.4. The maximum atomic E-state index is 13.0. The number of aliphatic carboxylic acids is 1. The number of halogens is 3. The molecule has 0 amide bonds. The third-order valence-corrected chi connectivity index (χ3v) is 7.19. The van der Waals surface area contributed by atoms with Gasteiger partial charge in [0.2, 0.25) is 5.82 Å². The summed E-state index contributed by atoms with van der Waals surface area (Å²) in [5.74, 6) is 0.568. The Labute approximate surface area is 197 Å². The fourth-order valence-corrected chi connectivity index (χ4v) is 5.07. The van der Waals surface area contributed by atoms with E-state index in [0.29, 0.717) is 16.7 Å². The summed E-state index contributed by atoms with van der Waals surface area (Å²) in [6.07, 6.45) is 7.36. The lowest BCUT2D eigenvalue weighted by Gasteiger charge is -2.33. The highest BCUT2D eigenvalue weighted by molar-refractivity contribution is 6.00. The Morgan fingerprint density at radius 1 is 1.12 bits per heavy atom. The number of pyridine rings is 1. The summed E-state index contributed by atoms with van der Waals surface area (Å²) >= 11 is 0. The highest BCUT2D eigenvalue weighted by atomic mass is 19.4. The molecular weight excluding hydrogens is 445 g/mol. The second kappa shape index (κ2) is 9.90. The summed E-state index contributed by atoms with van der Waals surface area (Å²) in [7, 11) is 2.17. The minimum atomic E-state index is -4.37. The van der Waals surface area contributed by atoms with Gasteiger partial charge in [0.1, 0.15) is 5.84 Å². The highest BCUT2D eigenvalue weighted by Gasteiger charge is 2.38. The van der Waals surface area contributed by atoms with E-state index in [1.807, 2.05) is 12.1 Å². The van der Waals surface area contributed by atoms with Crippen LogP contribution in [0.15, 0.2) is 47.1 Å². The van der Waals surface area contributed by atoms with Crippen LogP contribution in [-0.2, 0) is 4.79 Å². The number of nitrogens with zero attached hydrogens (tertiary/aromatic N) is 3. The Hall–Kier alpha value is -2.68. The molecule has 1 aliphatic carbocycles. The first-order chi connectivity index (χ1) is 16.2. The van der Waals surface area contributed by atoms with Gasteiger partial charge in [0, 0.05) is 17.8 Å². The van der Waals surface area contributed by atoms with E-state index in [1.165, 1.54) is 12.2 Å². The van der Waals surface area contributed by atoms with Gasteiger partial charge in [-0.1, -0.05) is 18.6 Å². The summed E-state index contributed by atoms with van der Waals surface area (Å²) in [5, 5.41) is 12.5. The Kier molecular flexibility index (Phi) is 7.12. The number of aliphatic imine (C=N–C) groups is 1. The van der Waals surface area contributed by atoms with Crippen LogP contribution in [0.4, 0.5) is 19.0 Å². The van der Waals surface area contributed by atoms with Crippen molar-refractivity contribution in [2.24, 2.45) is 10.9 Å². The van der Waals surface area contributed by atoms with Crippen LogP contribution in [0.5, 0.6) is 0 Å². The van der Waals surface area contributed by atoms with Gasteiger partial charge in [0.25, 0.3) is 0 Å². The van der Waals surface area contributed by atoms with Gasteiger partial charge in [0.05, 0.1) is 43.7 Å². The van der Waals surface area contributed by atoms with Crippen molar-refractivity contribution in [3.05, 3.63) is 47.7 Å². The molecule has 0 bridgehead atoms. The molecule has 34 heavy (non-hydrogen) atoms. The van der Waals surface area contributed by atoms with Gasteiger partial charge in [-0.15, -0.1) is 0 Å². The quantitative estimate of drug-likeness (QED) is 0.624. The normalized spacial score (nSPS) is 30.4. The van der Waals surface area contributed by atoms with Crippen molar-refractivity contribution in [2.45, 2.75) is 63.2 Å². The minimum Gasteiger partial charge on any atom is -0.481 e. The number of allylic oxidation sites excluding steroid dienone is 2. The van der Waals surface area contributed by atoms with E-state index in [0.717, 1.165) is 69.1 Å². The number of carboxylic acid groups (broad SMARTS) is 1. The van der Waals surface area contributed by atoms with E-state index in [2.05, 4.69) is 17.4 Å². The van der Waals surface area contributed by atoms with Crippen LogP contribution < -0.4 is 9.80 Å². The molecule has 6 nitrogen and oxygen atoms in total. The van der Waals surface area contributed by atoms with Crippen molar-refractivity contribution in [1.82, 2.24) is 14.8 Å². The third kappa shape index (κ3) is 5.51. The maximum Gasteiger partial charge on any atom is 0.416 e. The average Bonchev–Trinajstić information content (AvgIpc) is 3.21. The molecule has 0 saturated carbocycles. The van der Waals surface area contributed by atoms with Crippen LogP contribution in [0.2, 0.25) is 0 Å². The number of carboxylic acids is 1. The lowest BCUT2D eigenvalue weighted by atomic mass is 9.96. The summed E-state index contributed by atoms with van der Waals surface area (Å²) in [6, 6.07) is 3.04.